The second-order valence-electron chi connectivity index (χ2n) is 6.45. The average molecular weight is 351 g/mol. The van der Waals surface area contributed by atoms with Crippen LogP contribution in [-0.4, -0.2) is 25.0 Å². The lowest BCUT2D eigenvalue weighted by molar-refractivity contribution is -0.118. The molecule has 0 fully saturated rings. The van der Waals surface area contributed by atoms with Crippen LogP contribution in [0.5, 0.6) is 0 Å². The smallest absolute Gasteiger partial charge is 0.319 e. The van der Waals surface area contributed by atoms with Crippen LogP contribution in [0.4, 0.5) is 16.2 Å². The van der Waals surface area contributed by atoms with E-state index < -0.39 is 0 Å². The zero-order valence-electron chi connectivity index (χ0n) is 15.1. The van der Waals surface area contributed by atoms with Crippen molar-refractivity contribution in [1.29, 1.82) is 0 Å². The van der Waals surface area contributed by atoms with Crippen LogP contribution < -0.4 is 15.5 Å². The van der Waals surface area contributed by atoms with E-state index in [1.54, 1.807) is 4.90 Å². The van der Waals surface area contributed by atoms with Gasteiger partial charge in [0.2, 0.25) is 5.91 Å². The summed E-state index contributed by atoms with van der Waals surface area (Å²) in [6.45, 7) is 3.27. The van der Waals surface area contributed by atoms with Crippen LogP contribution in [0.1, 0.15) is 30.9 Å². The Morgan fingerprint density at radius 2 is 1.92 bits per heavy atom. The molecule has 136 valence electrons. The average Bonchev–Trinajstić information content (AvgIpc) is 2.66. The van der Waals surface area contributed by atoms with E-state index in [1.165, 1.54) is 5.56 Å². The summed E-state index contributed by atoms with van der Waals surface area (Å²) in [7, 11) is 0. The molecule has 1 aliphatic heterocycles. The van der Waals surface area contributed by atoms with Gasteiger partial charge in [-0.15, -0.1) is 0 Å². The van der Waals surface area contributed by atoms with Gasteiger partial charge in [-0.2, -0.15) is 0 Å². The highest BCUT2D eigenvalue weighted by Gasteiger charge is 2.22. The fraction of sp³-hybridized carbons (Fsp3) is 0.333. The summed E-state index contributed by atoms with van der Waals surface area (Å²) in [5.41, 5.74) is 4.10. The number of hydrogen-bond donors (Lipinski definition) is 2. The SMILES string of the molecule is CCN1C(=O)CCc2cc(NC(=O)NCCCc3ccccc3)ccc21. The van der Waals surface area contributed by atoms with Gasteiger partial charge < -0.3 is 15.5 Å². The molecule has 2 aromatic carbocycles. The number of carbonyl (C=O) groups excluding carboxylic acids is 2. The molecule has 0 saturated carbocycles. The van der Waals surface area contributed by atoms with Crippen LogP contribution in [0.2, 0.25) is 0 Å². The molecule has 0 radical (unpaired) electrons. The van der Waals surface area contributed by atoms with E-state index >= 15 is 0 Å². The lowest BCUT2D eigenvalue weighted by Crippen LogP contribution is -2.35. The Bertz CT molecular complexity index is 774. The van der Waals surface area contributed by atoms with E-state index in [1.807, 2.05) is 43.3 Å². The third kappa shape index (κ3) is 4.42. The van der Waals surface area contributed by atoms with Gasteiger partial charge in [0.15, 0.2) is 0 Å². The van der Waals surface area contributed by atoms with Crippen molar-refractivity contribution in [3.8, 4) is 0 Å². The lowest BCUT2D eigenvalue weighted by atomic mass is 10.0. The number of rotatable bonds is 6. The number of anilines is 2. The van der Waals surface area contributed by atoms with Crippen LogP contribution in [0.3, 0.4) is 0 Å². The lowest BCUT2D eigenvalue weighted by Gasteiger charge is -2.28. The quantitative estimate of drug-likeness (QED) is 0.779. The molecular weight excluding hydrogens is 326 g/mol. The fourth-order valence-electron chi connectivity index (χ4n) is 3.30. The van der Waals surface area contributed by atoms with Crippen molar-refractivity contribution < 1.29 is 9.59 Å². The minimum atomic E-state index is -0.197. The molecule has 2 aromatic rings. The molecule has 0 bridgehead atoms. The van der Waals surface area contributed by atoms with Crippen molar-refractivity contribution in [2.24, 2.45) is 0 Å². The zero-order valence-corrected chi connectivity index (χ0v) is 15.1. The Labute approximate surface area is 154 Å². The van der Waals surface area contributed by atoms with Gasteiger partial charge >= 0.3 is 6.03 Å². The molecular formula is C21H25N3O2. The first-order chi connectivity index (χ1) is 12.7. The van der Waals surface area contributed by atoms with Crippen LogP contribution in [0, 0.1) is 0 Å². The van der Waals surface area contributed by atoms with Crippen molar-refractivity contribution >= 4 is 23.3 Å². The molecule has 1 heterocycles. The number of nitrogens with one attached hydrogen (secondary N) is 2. The standard InChI is InChI=1S/C21H25N3O2/c1-2-24-19-12-11-18(15-17(19)10-13-20(24)25)23-21(26)22-14-6-9-16-7-4-3-5-8-16/h3-5,7-8,11-12,15H,2,6,9-10,13-14H2,1H3,(H2,22,23,26). The van der Waals surface area contributed by atoms with Crippen LogP contribution in [-0.2, 0) is 17.6 Å². The second-order valence-corrected chi connectivity index (χ2v) is 6.45. The number of aryl methyl sites for hydroxylation is 2. The summed E-state index contributed by atoms with van der Waals surface area (Å²) in [4.78, 5) is 25.8. The van der Waals surface area contributed by atoms with Gasteiger partial charge in [0.1, 0.15) is 0 Å². The van der Waals surface area contributed by atoms with E-state index in [0.29, 0.717) is 19.5 Å². The van der Waals surface area contributed by atoms with Crippen LogP contribution in [0.25, 0.3) is 0 Å². The maximum Gasteiger partial charge on any atom is 0.319 e. The second kappa shape index (κ2) is 8.52. The van der Waals surface area contributed by atoms with E-state index in [9.17, 15) is 9.59 Å². The van der Waals surface area contributed by atoms with Gasteiger partial charge in [-0.1, -0.05) is 30.3 Å². The van der Waals surface area contributed by atoms with Crippen LogP contribution in [0.15, 0.2) is 48.5 Å². The number of benzene rings is 2. The minimum absolute atomic E-state index is 0.164. The molecule has 0 aliphatic carbocycles. The molecule has 3 rings (SSSR count). The summed E-state index contributed by atoms with van der Waals surface area (Å²) < 4.78 is 0. The monoisotopic (exact) mass is 351 g/mol. The Morgan fingerprint density at radius 3 is 2.69 bits per heavy atom. The van der Waals surface area contributed by atoms with Crippen LogP contribution >= 0.6 is 0 Å². The molecule has 0 aromatic heterocycles. The highest BCUT2D eigenvalue weighted by atomic mass is 16.2. The van der Waals surface area contributed by atoms with E-state index in [4.69, 9.17) is 0 Å². The number of fused-ring (bicyclic) bond motifs is 1. The van der Waals surface area contributed by atoms with Gasteiger partial charge in [0.05, 0.1) is 0 Å². The molecule has 26 heavy (non-hydrogen) atoms. The number of urea groups is 1. The maximum atomic E-state index is 12.1. The van der Waals surface area contributed by atoms with Gasteiger partial charge in [-0.05, 0) is 55.5 Å². The highest BCUT2D eigenvalue weighted by molar-refractivity contribution is 5.97. The molecule has 0 unspecified atom stereocenters. The molecule has 0 saturated heterocycles. The highest BCUT2D eigenvalue weighted by Crippen LogP contribution is 2.30. The Balaban J connectivity index is 1.49. The van der Waals surface area contributed by atoms with Gasteiger partial charge in [-0.3, -0.25) is 4.79 Å². The number of hydrogen-bond acceptors (Lipinski definition) is 2. The summed E-state index contributed by atoms with van der Waals surface area (Å²) in [6, 6.07) is 15.8. The van der Waals surface area contributed by atoms with Crippen molar-refractivity contribution in [3.05, 3.63) is 59.7 Å². The third-order valence-electron chi connectivity index (χ3n) is 4.62. The third-order valence-corrected chi connectivity index (χ3v) is 4.62. The van der Waals surface area contributed by atoms with Crippen molar-refractivity contribution in [3.63, 3.8) is 0 Å². The van der Waals surface area contributed by atoms with E-state index in [-0.39, 0.29) is 11.9 Å². The van der Waals surface area contributed by atoms with Gasteiger partial charge in [-0.25, -0.2) is 4.79 Å². The largest absolute Gasteiger partial charge is 0.338 e. The Kier molecular flexibility index (Phi) is 5.89. The molecule has 5 nitrogen and oxygen atoms in total. The molecule has 1 aliphatic rings. The molecule has 5 heteroatoms. The molecule has 3 amide bonds. The molecule has 0 spiro atoms. The van der Waals surface area contributed by atoms with E-state index in [2.05, 4.69) is 22.8 Å². The first kappa shape index (κ1) is 18.0. The predicted octanol–water partition coefficient (Wildman–Crippen LogP) is 3.74. The number of carbonyl (C=O) groups is 2. The van der Waals surface area contributed by atoms with E-state index in [0.717, 1.165) is 36.2 Å². The van der Waals surface area contributed by atoms with Gasteiger partial charge in [0, 0.05) is 30.9 Å². The summed E-state index contributed by atoms with van der Waals surface area (Å²) in [6.07, 6.45) is 3.09. The number of nitrogens with zero attached hydrogens (tertiary/aromatic N) is 1. The predicted molar refractivity (Wildman–Crippen MR) is 105 cm³/mol. The van der Waals surface area contributed by atoms with Crippen molar-refractivity contribution in [2.75, 3.05) is 23.3 Å². The minimum Gasteiger partial charge on any atom is -0.338 e. The normalized spacial score (nSPS) is 13.3. The maximum absolute atomic E-state index is 12.1. The topological polar surface area (TPSA) is 61.4 Å². The van der Waals surface area contributed by atoms with Gasteiger partial charge in [0.25, 0.3) is 0 Å². The summed E-state index contributed by atoms with van der Waals surface area (Å²) in [5.74, 6) is 0.164. The number of amides is 3. The first-order valence-corrected chi connectivity index (χ1v) is 9.19. The Hall–Kier alpha value is -2.82. The Morgan fingerprint density at radius 1 is 1.12 bits per heavy atom. The molecule has 2 N–H and O–H groups in total. The van der Waals surface area contributed by atoms with Crippen molar-refractivity contribution in [1.82, 2.24) is 5.32 Å². The van der Waals surface area contributed by atoms with Crippen molar-refractivity contribution in [2.45, 2.75) is 32.6 Å². The zero-order chi connectivity index (χ0) is 18.4. The fourth-order valence-corrected chi connectivity index (χ4v) is 3.30. The summed E-state index contributed by atoms with van der Waals surface area (Å²) in [5, 5.41) is 5.78. The summed E-state index contributed by atoms with van der Waals surface area (Å²) >= 11 is 0. The molecule has 0 atom stereocenters. The first-order valence-electron chi connectivity index (χ1n) is 9.19.